The highest BCUT2D eigenvalue weighted by Gasteiger charge is 2.14. The van der Waals surface area contributed by atoms with Gasteiger partial charge in [-0.3, -0.25) is 0 Å². The minimum atomic E-state index is 0.704. The molecule has 0 aromatic carbocycles. The van der Waals surface area contributed by atoms with E-state index in [1.807, 2.05) is 0 Å². The molecule has 0 aromatic heterocycles. The van der Waals surface area contributed by atoms with Gasteiger partial charge in [0.25, 0.3) is 0 Å². The van der Waals surface area contributed by atoms with E-state index in [0.717, 1.165) is 37.1 Å². The highest BCUT2D eigenvalue weighted by Crippen LogP contribution is 2.27. The van der Waals surface area contributed by atoms with E-state index in [-0.39, 0.29) is 0 Å². The third-order valence-corrected chi connectivity index (χ3v) is 3.81. The largest absolute Gasteiger partial charge is 0.501 e. The number of hydrogen-bond donors (Lipinski definition) is 1. The summed E-state index contributed by atoms with van der Waals surface area (Å²) in [4.78, 5) is 0. The molecule has 0 saturated carbocycles. The normalized spacial score (nSPS) is 29.9. The molecule has 0 bridgehead atoms. The van der Waals surface area contributed by atoms with Gasteiger partial charge in [-0.15, -0.1) is 0 Å². The Balaban J connectivity index is 1.80. The monoisotopic (exact) mass is 233 g/mol. The molecule has 0 amide bonds. The summed E-state index contributed by atoms with van der Waals surface area (Å²) in [6, 6.07) is 0. The molecule has 0 unspecified atom stereocenters. The molecule has 2 rings (SSSR count). The van der Waals surface area contributed by atoms with Crippen LogP contribution in [0.4, 0.5) is 0 Å². The third kappa shape index (κ3) is 3.65. The summed E-state index contributed by atoms with van der Waals surface area (Å²) in [6.45, 7) is 0. The van der Waals surface area contributed by atoms with Gasteiger partial charge in [0.15, 0.2) is 0 Å². The maximum Gasteiger partial charge on any atom is 0.0916 e. The molecule has 2 heteroatoms. The Bertz CT molecular complexity index is 341. The van der Waals surface area contributed by atoms with Gasteiger partial charge in [0, 0.05) is 12.1 Å². The SMILES string of the molecule is COC1=CC[C@@H](/C=C/[C@@H]2CC=C(N)CC2)CC1. The molecule has 2 N–H and O–H groups in total. The number of methoxy groups -OCH3 is 1. The average Bonchev–Trinajstić information content (AvgIpc) is 2.39. The van der Waals surface area contributed by atoms with Crippen molar-refractivity contribution in [2.75, 3.05) is 7.11 Å². The zero-order valence-corrected chi connectivity index (χ0v) is 10.7. The molecule has 0 saturated heterocycles. The van der Waals surface area contributed by atoms with Crippen LogP contribution in [0.2, 0.25) is 0 Å². The smallest absolute Gasteiger partial charge is 0.0916 e. The Morgan fingerprint density at radius 2 is 1.76 bits per heavy atom. The van der Waals surface area contributed by atoms with Gasteiger partial charge < -0.3 is 10.5 Å². The summed E-state index contributed by atoms with van der Waals surface area (Å²) in [5.74, 6) is 2.57. The second-order valence-corrected chi connectivity index (χ2v) is 5.11. The van der Waals surface area contributed by atoms with Crippen molar-refractivity contribution < 1.29 is 4.74 Å². The molecule has 0 fully saturated rings. The molecular weight excluding hydrogens is 210 g/mol. The lowest BCUT2D eigenvalue weighted by molar-refractivity contribution is 0.260. The first kappa shape index (κ1) is 12.3. The number of rotatable bonds is 3. The molecule has 2 atom stereocenters. The number of ether oxygens (including phenoxy) is 1. The minimum Gasteiger partial charge on any atom is -0.501 e. The van der Waals surface area contributed by atoms with E-state index >= 15 is 0 Å². The summed E-state index contributed by atoms with van der Waals surface area (Å²) < 4.78 is 5.26. The van der Waals surface area contributed by atoms with Gasteiger partial charge in [-0.25, -0.2) is 0 Å². The predicted octanol–water partition coefficient (Wildman–Crippen LogP) is 3.52. The molecule has 2 aliphatic rings. The first-order chi connectivity index (χ1) is 8.28. The molecular formula is C15H23NO. The van der Waals surface area contributed by atoms with Gasteiger partial charge in [-0.1, -0.05) is 18.2 Å². The summed E-state index contributed by atoms with van der Waals surface area (Å²) in [6.07, 6.45) is 16.1. The second-order valence-electron chi connectivity index (χ2n) is 5.11. The Labute approximate surface area is 104 Å². The van der Waals surface area contributed by atoms with Gasteiger partial charge in [-0.05, 0) is 50.0 Å². The van der Waals surface area contributed by atoms with Crippen LogP contribution < -0.4 is 5.73 Å². The predicted molar refractivity (Wildman–Crippen MR) is 71.2 cm³/mol. The van der Waals surface area contributed by atoms with E-state index in [9.17, 15) is 0 Å². The number of nitrogens with two attached hydrogens (primary N) is 1. The lowest BCUT2D eigenvalue weighted by atomic mass is 9.88. The maximum atomic E-state index is 5.78. The standard InChI is InChI=1S/C15H23NO/c1-17-15-10-6-13(7-11-15)3-2-12-4-8-14(16)9-5-12/h2-3,8,10,12-13H,4-7,9,11,16H2,1H3/b3-2+/t12-,13-/m1/s1. The second kappa shape index (κ2) is 5.95. The van der Waals surface area contributed by atoms with Gasteiger partial charge in [0.05, 0.1) is 12.9 Å². The van der Waals surface area contributed by atoms with Crippen LogP contribution >= 0.6 is 0 Å². The number of allylic oxidation sites excluding steroid dienone is 6. The molecule has 0 spiro atoms. The van der Waals surface area contributed by atoms with Crippen molar-refractivity contribution in [1.29, 1.82) is 0 Å². The molecule has 0 aromatic rings. The zero-order valence-electron chi connectivity index (χ0n) is 10.7. The van der Waals surface area contributed by atoms with Crippen LogP contribution in [0.25, 0.3) is 0 Å². The van der Waals surface area contributed by atoms with Crippen molar-refractivity contribution in [3.05, 3.63) is 35.8 Å². The lowest BCUT2D eigenvalue weighted by Gasteiger charge is -2.20. The maximum absolute atomic E-state index is 5.78. The van der Waals surface area contributed by atoms with Crippen LogP contribution in [0.15, 0.2) is 35.8 Å². The van der Waals surface area contributed by atoms with Gasteiger partial charge in [-0.2, -0.15) is 0 Å². The molecule has 0 radical (unpaired) electrons. The van der Waals surface area contributed by atoms with Gasteiger partial charge in [0.2, 0.25) is 0 Å². The fraction of sp³-hybridized carbons (Fsp3) is 0.600. The Hall–Kier alpha value is -1.18. The highest BCUT2D eigenvalue weighted by atomic mass is 16.5. The molecule has 2 aliphatic carbocycles. The van der Waals surface area contributed by atoms with E-state index < -0.39 is 0 Å². The van der Waals surface area contributed by atoms with Crippen molar-refractivity contribution in [1.82, 2.24) is 0 Å². The van der Waals surface area contributed by atoms with Gasteiger partial charge in [0.1, 0.15) is 0 Å². The van der Waals surface area contributed by atoms with Crippen LogP contribution in [0.1, 0.15) is 38.5 Å². The average molecular weight is 233 g/mol. The van der Waals surface area contributed by atoms with Crippen molar-refractivity contribution >= 4 is 0 Å². The summed E-state index contributed by atoms with van der Waals surface area (Å²) in [7, 11) is 1.76. The highest BCUT2D eigenvalue weighted by molar-refractivity contribution is 5.08. The van der Waals surface area contributed by atoms with Gasteiger partial charge >= 0.3 is 0 Å². The zero-order chi connectivity index (χ0) is 12.1. The first-order valence-corrected chi connectivity index (χ1v) is 6.63. The van der Waals surface area contributed by atoms with Crippen molar-refractivity contribution in [3.63, 3.8) is 0 Å². The van der Waals surface area contributed by atoms with E-state index in [0.29, 0.717) is 11.8 Å². The van der Waals surface area contributed by atoms with E-state index in [2.05, 4.69) is 24.3 Å². The Morgan fingerprint density at radius 1 is 1.12 bits per heavy atom. The molecule has 17 heavy (non-hydrogen) atoms. The summed E-state index contributed by atoms with van der Waals surface area (Å²) in [5, 5.41) is 0. The van der Waals surface area contributed by atoms with Crippen molar-refractivity contribution in [2.24, 2.45) is 17.6 Å². The minimum absolute atomic E-state index is 0.704. The molecule has 0 heterocycles. The molecule has 2 nitrogen and oxygen atoms in total. The Morgan fingerprint density at radius 3 is 2.24 bits per heavy atom. The van der Waals surface area contributed by atoms with Crippen molar-refractivity contribution in [3.8, 4) is 0 Å². The van der Waals surface area contributed by atoms with Crippen LogP contribution in [-0.4, -0.2) is 7.11 Å². The van der Waals surface area contributed by atoms with Crippen LogP contribution in [0.5, 0.6) is 0 Å². The van der Waals surface area contributed by atoms with Crippen LogP contribution in [0.3, 0.4) is 0 Å². The van der Waals surface area contributed by atoms with Crippen LogP contribution in [0, 0.1) is 11.8 Å². The molecule has 0 aliphatic heterocycles. The quantitative estimate of drug-likeness (QED) is 0.757. The van der Waals surface area contributed by atoms with E-state index in [4.69, 9.17) is 10.5 Å². The van der Waals surface area contributed by atoms with E-state index in [1.165, 1.54) is 12.8 Å². The topological polar surface area (TPSA) is 35.2 Å². The first-order valence-electron chi connectivity index (χ1n) is 6.63. The third-order valence-electron chi connectivity index (χ3n) is 3.81. The Kier molecular flexibility index (Phi) is 4.29. The van der Waals surface area contributed by atoms with E-state index in [1.54, 1.807) is 7.11 Å². The van der Waals surface area contributed by atoms with Crippen molar-refractivity contribution in [2.45, 2.75) is 38.5 Å². The molecule has 94 valence electrons. The number of hydrogen-bond acceptors (Lipinski definition) is 2. The van der Waals surface area contributed by atoms with Crippen LogP contribution in [-0.2, 0) is 4.74 Å². The summed E-state index contributed by atoms with van der Waals surface area (Å²) >= 11 is 0. The fourth-order valence-electron chi connectivity index (χ4n) is 2.55. The lowest BCUT2D eigenvalue weighted by Crippen LogP contribution is -2.09. The summed E-state index contributed by atoms with van der Waals surface area (Å²) in [5.41, 5.74) is 6.85. The fourth-order valence-corrected chi connectivity index (χ4v) is 2.55.